The van der Waals surface area contributed by atoms with Crippen LogP contribution in [0, 0.1) is 0 Å². The lowest BCUT2D eigenvalue weighted by atomic mass is 10.1. The van der Waals surface area contributed by atoms with Gasteiger partial charge < -0.3 is 21.3 Å². The number of halogens is 1. The summed E-state index contributed by atoms with van der Waals surface area (Å²) >= 11 is 6.02. The average Bonchev–Trinajstić information content (AvgIpc) is 3.12. The van der Waals surface area contributed by atoms with Crippen LogP contribution in [0.1, 0.15) is 30.5 Å². The Hall–Kier alpha value is -2.05. The number of benzene rings is 1. The zero-order valence-electron chi connectivity index (χ0n) is 15.1. The number of likely N-dealkylation sites (N-methyl/N-ethyl adjacent to an activating group) is 1. The van der Waals surface area contributed by atoms with Crippen molar-refractivity contribution in [1.82, 2.24) is 15.3 Å². The highest BCUT2D eigenvalue weighted by Gasteiger charge is 2.26. The van der Waals surface area contributed by atoms with Crippen molar-refractivity contribution in [3.8, 4) is 0 Å². The van der Waals surface area contributed by atoms with Gasteiger partial charge in [-0.2, -0.15) is 4.98 Å². The van der Waals surface area contributed by atoms with E-state index in [1.54, 1.807) is 6.07 Å². The van der Waals surface area contributed by atoms with Crippen LogP contribution in [0.25, 0.3) is 0 Å². The normalized spacial score (nSPS) is 19.5. The number of piperidine rings is 1. The third kappa shape index (κ3) is 3.44. The standard InChI is InChI=1S/C19H25ClN6/c1-22-13-4-3-9-26(11-13)18-14-5-2-6-17(14)24-19(25-18)23-12-7-8-15(20)16(21)10-12/h7-8,10,13,22H,2-6,9,11,21H2,1H3,(H,23,24,25)/t13-/m1/s1. The van der Waals surface area contributed by atoms with Gasteiger partial charge in [0, 0.05) is 30.4 Å². The number of fused-ring (bicyclic) bond motifs is 1. The first-order valence-corrected chi connectivity index (χ1v) is 9.66. The first kappa shape index (κ1) is 17.4. The van der Waals surface area contributed by atoms with Crippen LogP contribution in [-0.4, -0.2) is 36.1 Å². The van der Waals surface area contributed by atoms with Gasteiger partial charge in [0.2, 0.25) is 5.95 Å². The van der Waals surface area contributed by atoms with E-state index in [9.17, 15) is 0 Å². The van der Waals surface area contributed by atoms with E-state index in [1.165, 1.54) is 24.1 Å². The summed E-state index contributed by atoms with van der Waals surface area (Å²) in [6.07, 6.45) is 5.64. The van der Waals surface area contributed by atoms with Gasteiger partial charge in [0.15, 0.2) is 0 Å². The van der Waals surface area contributed by atoms with E-state index in [4.69, 9.17) is 27.3 Å². The molecule has 4 N–H and O–H groups in total. The third-order valence-corrected chi connectivity index (χ3v) is 5.64. The van der Waals surface area contributed by atoms with E-state index < -0.39 is 0 Å². The second kappa shape index (κ2) is 7.29. The summed E-state index contributed by atoms with van der Waals surface area (Å²) in [7, 11) is 2.04. The van der Waals surface area contributed by atoms with Crippen molar-refractivity contribution in [2.24, 2.45) is 0 Å². The Morgan fingerprint density at radius 2 is 2.12 bits per heavy atom. The number of hydrogen-bond acceptors (Lipinski definition) is 6. The van der Waals surface area contributed by atoms with Gasteiger partial charge in [0.1, 0.15) is 5.82 Å². The number of aryl methyl sites for hydroxylation is 1. The van der Waals surface area contributed by atoms with Crippen LogP contribution < -0.4 is 21.3 Å². The maximum Gasteiger partial charge on any atom is 0.229 e. The Bertz CT molecular complexity index is 809. The lowest BCUT2D eigenvalue weighted by molar-refractivity contribution is 0.447. The zero-order valence-corrected chi connectivity index (χ0v) is 15.8. The van der Waals surface area contributed by atoms with Gasteiger partial charge in [0.25, 0.3) is 0 Å². The molecule has 6 nitrogen and oxygen atoms in total. The quantitative estimate of drug-likeness (QED) is 0.715. The molecule has 1 atom stereocenters. The second-order valence-electron chi connectivity index (χ2n) is 7.08. The number of nitrogens with two attached hydrogens (primary N) is 1. The maximum absolute atomic E-state index is 6.02. The van der Waals surface area contributed by atoms with Crippen molar-refractivity contribution in [2.75, 3.05) is 36.1 Å². The average molecular weight is 373 g/mol. The highest BCUT2D eigenvalue weighted by atomic mass is 35.5. The number of rotatable bonds is 4. The first-order valence-electron chi connectivity index (χ1n) is 9.28. The minimum Gasteiger partial charge on any atom is -0.397 e. The van der Waals surface area contributed by atoms with Crippen molar-refractivity contribution < 1.29 is 0 Å². The highest BCUT2D eigenvalue weighted by molar-refractivity contribution is 6.33. The molecule has 2 aromatic rings. The number of hydrogen-bond donors (Lipinski definition) is 3. The van der Waals surface area contributed by atoms with Crippen LogP contribution in [-0.2, 0) is 12.8 Å². The van der Waals surface area contributed by atoms with Crippen LogP contribution in [0.5, 0.6) is 0 Å². The summed E-state index contributed by atoms with van der Waals surface area (Å²) < 4.78 is 0. The Labute approximate surface area is 159 Å². The molecule has 1 fully saturated rings. The van der Waals surface area contributed by atoms with Gasteiger partial charge in [-0.25, -0.2) is 4.98 Å². The molecule has 1 aliphatic carbocycles. The molecule has 0 bridgehead atoms. The Morgan fingerprint density at radius 1 is 1.23 bits per heavy atom. The van der Waals surface area contributed by atoms with Crippen molar-refractivity contribution in [3.05, 3.63) is 34.5 Å². The van der Waals surface area contributed by atoms with Crippen molar-refractivity contribution in [1.29, 1.82) is 0 Å². The highest BCUT2D eigenvalue weighted by Crippen LogP contribution is 2.32. The van der Waals surface area contributed by atoms with E-state index >= 15 is 0 Å². The molecule has 1 saturated heterocycles. The second-order valence-corrected chi connectivity index (χ2v) is 7.49. The molecular weight excluding hydrogens is 348 g/mol. The Morgan fingerprint density at radius 3 is 2.92 bits per heavy atom. The fraction of sp³-hybridized carbons (Fsp3) is 0.474. The molecule has 138 valence electrons. The van der Waals surface area contributed by atoms with E-state index in [0.29, 0.717) is 22.7 Å². The summed E-state index contributed by atoms with van der Waals surface area (Å²) in [5.74, 6) is 1.73. The monoisotopic (exact) mass is 372 g/mol. The number of nitrogens with zero attached hydrogens (tertiary/aromatic N) is 3. The first-order chi connectivity index (χ1) is 12.6. The number of nitrogens with one attached hydrogen (secondary N) is 2. The molecule has 0 radical (unpaired) electrons. The molecule has 1 aromatic carbocycles. The molecule has 0 spiro atoms. The van der Waals surface area contributed by atoms with Crippen LogP contribution in [0.15, 0.2) is 18.2 Å². The zero-order chi connectivity index (χ0) is 18.1. The van der Waals surface area contributed by atoms with Crippen LogP contribution in [0.4, 0.5) is 23.1 Å². The van der Waals surface area contributed by atoms with E-state index in [0.717, 1.165) is 43.9 Å². The van der Waals surface area contributed by atoms with Crippen LogP contribution in [0.2, 0.25) is 5.02 Å². The summed E-state index contributed by atoms with van der Waals surface area (Å²) in [5.41, 5.74) is 9.81. The lowest BCUT2D eigenvalue weighted by Crippen LogP contribution is -2.45. The molecule has 1 aromatic heterocycles. The summed E-state index contributed by atoms with van der Waals surface area (Å²) in [4.78, 5) is 12.1. The van der Waals surface area contributed by atoms with Crippen LogP contribution >= 0.6 is 11.6 Å². The van der Waals surface area contributed by atoms with E-state index in [-0.39, 0.29) is 0 Å². The minimum absolute atomic E-state index is 0.517. The Balaban J connectivity index is 1.65. The topological polar surface area (TPSA) is 79.1 Å². The fourth-order valence-corrected chi connectivity index (χ4v) is 4.00. The molecule has 2 aliphatic rings. The summed E-state index contributed by atoms with van der Waals surface area (Å²) in [6.45, 7) is 2.04. The molecular formula is C19H25ClN6. The van der Waals surface area contributed by atoms with Crippen molar-refractivity contribution in [3.63, 3.8) is 0 Å². The SMILES string of the molecule is CN[C@@H]1CCCN(c2nc(Nc3ccc(Cl)c(N)c3)nc3c2CCC3)C1. The van der Waals surface area contributed by atoms with E-state index in [2.05, 4.69) is 15.5 Å². The molecule has 1 aliphatic heterocycles. The van der Waals surface area contributed by atoms with Gasteiger partial charge in [0.05, 0.1) is 16.4 Å². The molecule has 0 unspecified atom stereocenters. The Kier molecular flexibility index (Phi) is 4.87. The minimum atomic E-state index is 0.517. The number of aromatic nitrogens is 2. The van der Waals surface area contributed by atoms with Crippen molar-refractivity contribution in [2.45, 2.75) is 38.1 Å². The smallest absolute Gasteiger partial charge is 0.229 e. The van der Waals surface area contributed by atoms with Gasteiger partial charge >= 0.3 is 0 Å². The predicted octanol–water partition coefficient (Wildman–Crippen LogP) is 3.13. The van der Waals surface area contributed by atoms with Gasteiger partial charge in [-0.15, -0.1) is 0 Å². The molecule has 26 heavy (non-hydrogen) atoms. The van der Waals surface area contributed by atoms with Gasteiger partial charge in [-0.3, -0.25) is 0 Å². The molecule has 0 amide bonds. The molecule has 0 saturated carbocycles. The number of anilines is 4. The van der Waals surface area contributed by atoms with E-state index in [1.807, 2.05) is 19.2 Å². The number of nitrogen functional groups attached to an aromatic ring is 1. The molecule has 7 heteroatoms. The van der Waals surface area contributed by atoms with Crippen molar-refractivity contribution >= 4 is 34.7 Å². The molecule has 2 heterocycles. The van der Waals surface area contributed by atoms with Gasteiger partial charge in [-0.1, -0.05) is 11.6 Å². The maximum atomic E-state index is 6.02. The summed E-state index contributed by atoms with van der Waals surface area (Å²) in [5, 5.41) is 7.27. The molecule has 4 rings (SSSR count). The third-order valence-electron chi connectivity index (χ3n) is 5.29. The predicted molar refractivity (Wildman–Crippen MR) is 107 cm³/mol. The largest absolute Gasteiger partial charge is 0.397 e. The lowest BCUT2D eigenvalue weighted by Gasteiger charge is -2.34. The fourth-order valence-electron chi connectivity index (χ4n) is 3.89. The van der Waals surface area contributed by atoms with Crippen LogP contribution in [0.3, 0.4) is 0 Å². The van der Waals surface area contributed by atoms with Gasteiger partial charge in [-0.05, 0) is 57.4 Å². The summed E-state index contributed by atoms with van der Waals surface area (Å²) in [6, 6.07) is 6.02.